The van der Waals surface area contributed by atoms with Crippen molar-refractivity contribution in [1.29, 1.82) is 0 Å². The van der Waals surface area contributed by atoms with Gasteiger partial charge in [-0.1, -0.05) is 66.7 Å². The Kier molecular flexibility index (Phi) is 3.38. The van der Waals surface area contributed by atoms with E-state index in [2.05, 4.69) is 42.5 Å². The lowest BCUT2D eigenvalue weighted by atomic mass is 9.74. The zero-order chi connectivity index (χ0) is 15.7. The highest BCUT2D eigenvalue weighted by Crippen LogP contribution is 2.38. The smallest absolute Gasteiger partial charge is 0.317 e. The molecule has 2 heteroatoms. The standard InChI is InChI=1S/C21H18O2/c22-20-21(12-13-23-20,15-16-6-2-1-3-7-16)19-11-10-17-8-4-5-9-18(17)14-19/h1-11,14H,12-13,15H2. The summed E-state index contributed by atoms with van der Waals surface area (Å²) in [4.78, 5) is 12.6. The van der Waals surface area contributed by atoms with Crippen LogP contribution in [0.2, 0.25) is 0 Å². The molecule has 0 radical (unpaired) electrons. The molecule has 1 fully saturated rings. The quantitative estimate of drug-likeness (QED) is 0.675. The first-order valence-corrected chi connectivity index (χ1v) is 7.98. The summed E-state index contributed by atoms with van der Waals surface area (Å²) in [7, 11) is 0. The van der Waals surface area contributed by atoms with Crippen LogP contribution in [0.1, 0.15) is 17.5 Å². The molecule has 114 valence electrons. The molecule has 1 unspecified atom stereocenters. The van der Waals surface area contributed by atoms with Gasteiger partial charge in [0.25, 0.3) is 0 Å². The van der Waals surface area contributed by atoms with Crippen molar-refractivity contribution in [1.82, 2.24) is 0 Å². The van der Waals surface area contributed by atoms with Crippen LogP contribution < -0.4 is 0 Å². The number of hydrogen-bond donors (Lipinski definition) is 0. The van der Waals surface area contributed by atoms with Crippen LogP contribution in [0.5, 0.6) is 0 Å². The Hall–Kier alpha value is -2.61. The van der Waals surface area contributed by atoms with Crippen LogP contribution >= 0.6 is 0 Å². The average molecular weight is 302 g/mol. The molecule has 0 spiro atoms. The fourth-order valence-corrected chi connectivity index (χ4v) is 3.51. The highest BCUT2D eigenvalue weighted by Gasteiger charge is 2.46. The summed E-state index contributed by atoms with van der Waals surface area (Å²) in [6.07, 6.45) is 1.42. The Balaban J connectivity index is 1.82. The van der Waals surface area contributed by atoms with Crippen LogP contribution in [0.4, 0.5) is 0 Å². The molecule has 1 aliphatic rings. The van der Waals surface area contributed by atoms with Gasteiger partial charge in [-0.25, -0.2) is 0 Å². The Morgan fingerprint density at radius 3 is 2.35 bits per heavy atom. The highest BCUT2D eigenvalue weighted by atomic mass is 16.5. The molecular weight excluding hydrogens is 284 g/mol. The Morgan fingerprint density at radius 1 is 0.870 bits per heavy atom. The second kappa shape index (κ2) is 5.54. The number of hydrogen-bond acceptors (Lipinski definition) is 2. The van der Waals surface area contributed by atoms with Crippen LogP contribution in [-0.4, -0.2) is 12.6 Å². The summed E-state index contributed by atoms with van der Waals surface area (Å²) in [5.41, 5.74) is 1.66. The lowest BCUT2D eigenvalue weighted by Crippen LogP contribution is -2.34. The summed E-state index contributed by atoms with van der Waals surface area (Å²) >= 11 is 0. The zero-order valence-corrected chi connectivity index (χ0v) is 12.9. The van der Waals surface area contributed by atoms with Gasteiger partial charge in [-0.15, -0.1) is 0 Å². The third kappa shape index (κ3) is 2.40. The maximum absolute atomic E-state index is 12.6. The summed E-state index contributed by atoms with van der Waals surface area (Å²) in [6, 6.07) is 24.8. The van der Waals surface area contributed by atoms with Gasteiger partial charge in [0.15, 0.2) is 0 Å². The largest absolute Gasteiger partial charge is 0.465 e. The molecule has 4 rings (SSSR count). The van der Waals surface area contributed by atoms with E-state index in [4.69, 9.17) is 4.74 Å². The van der Waals surface area contributed by atoms with Crippen LogP contribution in [0, 0.1) is 0 Å². The lowest BCUT2D eigenvalue weighted by molar-refractivity contribution is -0.142. The summed E-state index contributed by atoms with van der Waals surface area (Å²) in [6.45, 7) is 0.499. The summed E-state index contributed by atoms with van der Waals surface area (Å²) in [5.74, 6) is -0.100. The van der Waals surface area contributed by atoms with Gasteiger partial charge < -0.3 is 4.74 Å². The fraction of sp³-hybridized carbons (Fsp3) is 0.190. The first-order valence-electron chi connectivity index (χ1n) is 7.98. The van der Waals surface area contributed by atoms with Crippen molar-refractivity contribution < 1.29 is 9.53 Å². The lowest BCUT2D eigenvalue weighted by Gasteiger charge is -2.26. The molecule has 0 amide bonds. The predicted octanol–water partition coefficient (Wildman–Crippen LogP) is 4.27. The molecule has 0 aliphatic carbocycles. The van der Waals surface area contributed by atoms with Crippen LogP contribution in [0.25, 0.3) is 10.8 Å². The predicted molar refractivity (Wildman–Crippen MR) is 91.3 cm³/mol. The molecule has 0 aromatic heterocycles. The van der Waals surface area contributed by atoms with E-state index in [0.29, 0.717) is 13.0 Å². The van der Waals surface area contributed by atoms with Crippen molar-refractivity contribution in [2.45, 2.75) is 18.3 Å². The zero-order valence-electron chi connectivity index (χ0n) is 12.9. The summed E-state index contributed by atoms with van der Waals surface area (Å²) < 4.78 is 5.37. The molecule has 3 aromatic rings. The van der Waals surface area contributed by atoms with Crippen molar-refractivity contribution in [2.75, 3.05) is 6.61 Å². The number of ether oxygens (including phenoxy) is 1. The molecule has 23 heavy (non-hydrogen) atoms. The molecule has 1 atom stereocenters. The van der Waals surface area contributed by atoms with E-state index in [9.17, 15) is 4.79 Å². The van der Waals surface area contributed by atoms with Gasteiger partial charge in [-0.3, -0.25) is 4.79 Å². The van der Waals surface area contributed by atoms with Crippen molar-refractivity contribution in [2.24, 2.45) is 0 Å². The number of esters is 1. The van der Waals surface area contributed by atoms with Crippen molar-refractivity contribution >= 4 is 16.7 Å². The summed E-state index contributed by atoms with van der Waals surface area (Å²) in [5, 5.41) is 2.36. The number of rotatable bonds is 3. The normalized spacial score (nSPS) is 20.6. The van der Waals surface area contributed by atoms with E-state index in [-0.39, 0.29) is 5.97 Å². The van der Waals surface area contributed by atoms with Gasteiger partial charge >= 0.3 is 5.97 Å². The van der Waals surface area contributed by atoms with Gasteiger partial charge in [0.05, 0.1) is 6.61 Å². The van der Waals surface area contributed by atoms with E-state index >= 15 is 0 Å². The molecule has 2 nitrogen and oxygen atoms in total. The maximum atomic E-state index is 12.6. The van der Waals surface area contributed by atoms with E-state index in [0.717, 1.165) is 17.4 Å². The van der Waals surface area contributed by atoms with Crippen LogP contribution in [-0.2, 0) is 21.4 Å². The average Bonchev–Trinajstić information content (AvgIpc) is 2.97. The van der Waals surface area contributed by atoms with Gasteiger partial charge in [-0.05, 0) is 34.4 Å². The number of carbonyl (C=O) groups is 1. The fourth-order valence-electron chi connectivity index (χ4n) is 3.51. The first-order chi connectivity index (χ1) is 11.3. The van der Waals surface area contributed by atoms with Crippen LogP contribution in [0.3, 0.4) is 0 Å². The Morgan fingerprint density at radius 2 is 1.61 bits per heavy atom. The molecule has 1 heterocycles. The number of fused-ring (bicyclic) bond motifs is 1. The van der Waals surface area contributed by atoms with Gasteiger partial charge in [-0.2, -0.15) is 0 Å². The van der Waals surface area contributed by atoms with Gasteiger partial charge in [0.1, 0.15) is 5.41 Å². The van der Waals surface area contributed by atoms with Crippen molar-refractivity contribution in [3.63, 3.8) is 0 Å². The second-order valence-electron chi connectivity index (χ2n) is 6.19. The molecule has 0 bridgehead atoms. The molecule has 3 aromatic carbocycles. The third-order valence-electron chi connectivity index (χ3n) is 4.80. The molecule has 0 saturated carbocycles. The van der Waals surface area contributed by atoms with Crippen molar-refractivity contribution in [3.05, 3.63) is 83.9 Å². The maximum Gasteiger partial charge on any atom is 0.317 e. The first kappa shape index (κ1) is 14.0. The minimum absolute atomic E-state index is 0.100. The number of carbonyl (C=O) groups excluding carboxylic acids is 1. The minimum atomic E-state index is -0.564. The Bertz CT molecular complexity index is 854. The molecule has 0 N–H and O–H groups in total. The minimum Gasteiger partial charge on any atom is -0.465 e. The molecule has 1 aliphatic heterocycles. The van der Waals surface area contributed by atoms with Crippen LogP contribution in [0.15, 0.2) is 72.8 Å². The number of cyclic esters (lactones) is 1. The second-order valence-corrected chi connectivity index (χ2v) is 6.19. The SMILES string of the molecule is O=C1OCCC1(Cc1ccccc1)c1ccc2ccccc2c1. The third-order valence-corrected chi connectivity index (χ3v) is 4.80. The van der Waals surface area contributed by atoms with Crippen molar-refractivity contribution in [3.8, 4) is 0 Å². The number of benzene rings is 3. The molecular formula is C21H18O2. The highest BCUT2D eigenvalue weighted by molar-refractivity contribution is 5.89. The van der Waals surface area contributed by atoms with E-state index < -0.39 is 5.41 Å². The Labute approximate surface area is 135 Å². The van der Waals surface area contributed by atoms with Gasteiger partial charge in [0.2, 0.25) is 0 Å². The van der Waals surface area contributed by atoms with E-state index in [1.807, 2.05) is 30.3 Å². The van der Waals surface area contributed by atoms with E-state index in [1.54, 1.807) is 0 Å². The monoisotopic (exact) mass is 302 g/mol. The van der Waals surface area contributed by atoms with E-state index in [1.165, 1.54) is 10.9 Å². The topological polar surface area (TPSA) is 26.3 Å². The van der Waals surface area contributed by atoms with Gasteiger partial charge in [0, 0.05) is 6.42 Å². The molecule has 1 saturated heterocycles.